The number of amides is 1. The number of rotatable bonds is 1. The van der Waals surface area contributed by atoms with Crippen LogP contribution in [0.15, 0.2) is 47.5 Å². The monoisotopic (exact) mass is 397 g/mol. The van der Waals surface area contributed by atoms with Crippen LogP contribution in [0.1, 0.15) is 18.4 Å². The van der Waals surface area contributed by atoms with Gasteiger partial charge in [-0.25, -0.2) is 4.99 Å². The molecule has 1 fully saturated rings. The van der Waals surface area contributed by atoms with Gasteiger partial charge in [0.2, 0.25) is 5.54 Å². The van der Waals surface area contributed by atoms with E-state index >= 15 is 0 Å². The van der Waals surface area contributed by atoms with Gasteiger partial charge in [0.25, 0.3) is 5.91 Å². The molecule has 0 radical (unpaired) electrons. The summed E-state index contributed by atoms with van der Waals surface area (Å²) < 4.78 is 12.3. The Morgan fingerprint density at radius 3 is 2.82 bits per heavy atom. The highest BCUT2D eigenvalue weighted by molar-refractivity contribution is 6.30. The summed E-state index contributed by atoms with van der Waals surface area (Å²) in [5, 5.41) is 0.649. The number of ether oxygens (including phenoxy) is 2. The molecule has 7 heteroatoms. The molecule has 1 amide bonds. The highest BCUT2D eigenvalue weighted by atomic mass is 35.5. The second kappa shape index (κ2) is 6.22. The van der Waals surface area contributed by atoms with Gasteiger partial charge in [0.15, 0.2) is 5.96 Å². The highest BCUT2D eigenvalue weighted by Gasteiger charge is 2.61. The second-order valence-corrected chi connectivity index (χ2v) is 7.85. The van der Waals surface area contributed by atoms with E-state index in [-0.39, 0.29) is 18.0 Å². The number of fused-ring (bicyclic) bond motifs is 4. The number of aliphatic imine (C=N–C) groups is 1. The lowest BCUT2D eigenvalue weighted by Crippen LogP contribution is -2.58. The van der Waals surface area contributed by atoms with E-state index in [1.54, 1.807) is 7.05 Å². The number of hydrogen-bond donors (Lipinski definition) is 1. The van der Waals surface area contributed by atoms with Crippen molar-refractivity contribution >= 4 is 23.5 Å². The predicted molar refractivity (Wildman–Crippen MR) is 106 cm³/mol. The molecule has 0 saturated carbocycles. The molecule has 0 aromatic heterocycles. The van der Waals surface area contributed by atoms with E-state index in [1.807, 2.05) is 42.5 Å². The summed E-state index contributed by atoms with van der Waals surface area (Å²) in [6.07, 6.45) is 0.967. The van der Waals surface area contributed by atoms with Crippen LogP contribution in [0.5, 0.6) is 5.75 Å². The van der Waals surface area contributed by atoms with Crippen molar-refractivity contribution in [3.05, 3.63) is 53.1 Å². The van der Waals surface area contributed by atoms with Gasteiger partial charge in [-0.2, -0.15) is 0 Å². The van der Waals surface area contributed by atoms with Crippen molar-refractivity contribution in [3.63, 3.8) is 0 Å². The molecule has 6 nitrogen and oxygen atoms in total. The van der Waals surface area contributed by atoms with E-state index in [2.05, 4.69) is 4.99 Å². The first-order valence-electron chi connectivity index (χ1n) is 9.33. The van der Waals surface area contributed by atoms with E-state index in [4.69, 9.17) is 26.8 Å². The third-order valence-corrected chi connectivity index (χ3v) is 6.01. The average molecular weight is 398 g/mol. The fraction of sp³-hybridized carbons (Fsp3) is 0.333. The summed E-state index contributed by atoms with van der Waals surface area (Å²) in [5.74, 6) is 0.659. The van der Waals surface area contributed by atoms with Crippen LogP contribution in [0, 0.1) is 0 Å². The lowest BCUT2D eigenvalue weighted by atomic mass is 9.76. The smallest absolute Gasteiger partial charge is 0.264 e. The fourth-order valence-corrected chi connectivity index (χ4v) is 4.57. The summed E-state index contributed by atoms with van der Waals surface area (Å²) in [5.41, 5.74) is 7.41. The Morgan fingerprint density at radius 1 is 1.25 bits per heavy atom. The lowest BCUT2D eigenvalue weighted by molar-refractivity contribution is -0.151. The van der Waals surface area contributed by atoms with Crippen LogP contribution in [0.4, 0.5) is 0 Å². The van der Waals surface area contributed by atoms with Gasteiger partial charge >= 0.3 is 0 Å². The molecule has 5 rings (SSSR count). The van der Waals surface area contributed by atoms with Crippen LogP contribution in [0.25, 0.3) is 11.1 Å². The van der Waals surface area contributed by atoms with Crippen LogP contribution in [0.2, 0.25) is 5.02 Å². The Kier molecular flexibility index (Phi) is 3.89. The molecular formula is C21H20ClN3O3. The summed E-state index contributed by atoms with van der Waals surface area (Å²) in [6, 6.07) is 13.4. The van der Waals surface area contributed by atoms with Gasteiger partial charge < -0.3 is 15.2 Å². The van der Waals surface area contributed by atoms with Gasteiger partial charge in [0.1, 0.15) is 18.0 Å². The van der Waals surface area contributed by atoms with Crippen LogP contribution < -0.4 is 10.5 Å². The fourth-order valence-electron chi connectivity index (χ4n) is 4.38. The molecule has 3 aliphatic rings. The Balaban J connectivity index is 1.73. The molecule has 1 unspecified atom stereocenters. The Bertz CT molecular complexity index is 1010. The summed E-state index contributed by atoms with van der Waals surface area (Å²) in [4.78, 5) is 19.4. The largest absolute Gasteiger partial charge is 0.487 e. The van der Waals surface area contributed by atoms with E-state index in [0.717, 1.165) is 24.0 Å². The third kappa shape index (κ3) is 2.38. The van der Waals surface area contributed by atoms with E-state index in [9.17, 15) is 4.79 Å². The summed E-state index contributed by atoms with van der Waals surface area (Å²) in [7, 11) is 1.64. The second-order valence-electron chi connectivity index (χ2n) is 7.41. The molecule has 1 spiro atoms. The maximum absolute atomic E-state index is 13.4. The van der Waals surface area contributed by atoms with E-state index in [1.165, 1.54) is 4.90 Å². The zero-order valence-electron chi connectivity index (χ0n) is 15.4. The Hall–Kier alpha value is -2.57. The summed E-state index contributed by atoms with van der Waals surface area (Å²) in [6.45, 7) is 0.571. The molecule has 0 aliphatic carbocycles. The van der Waals surface area contributed by atoms with Gasteiger partial charge in [-0.1, -0.05) is 29.8 Å². The number of guanidine groups is 1. The number of likely N-dealkylation sites (N-methyl/N-ethyl adjacent to an activating group) is 1. The molecule has 28 heavy (non-hydrogen) atoms. The van der Waals surface area contributed by atoms with Gasteiger partial charge in [-0.3, -0.25) is 9.69 Å². The van der Waals surface area contributed by atoms with Crippen molar-refractivity contribution in [1.29, 1.82) is 0 Å². The number of benzene rings is 2. The van der Waals surface area contributed by atoms with E-state index in [0.29, 0.717) is 22.9 Å². The van der Waals surface area contributed by atoms with Gasteiger partial charge in [0.05, 0.1) is 0 Å². The molecule has 0 bridgehead atoms. The predicted octanol–water partition coefficient (Wildman–Crippen LogP) is 2.93. The van der Waals surface area contributed by atoms with E-state index < -0.39 is 11.6 Å². The van der Waals surface area contributed by atoms with Gasteiger partial charge in [-0.05, 0) is 48.2 Å². The first kappa shape index (κ1) is 17.5. The molecular weight excluding hydrogens is 378 g/mol. The number of nitrogens with zero attached hydrogens (tertiary/aromatic N) is 2. The van der Waals surface area contributed by atoms with Crippen molar-refractivity contribution in [2.45, 2.75) is 30.6 Å². The maximum Gasteiger partial charge on any atom is 0.264 e. The quantitative estimate of drug-likeness (QED) is 0.802. The van der Waals surface area contributed by atoms with Crippen molar-refractivity contribution < 1.29 is 14.3 Å². The zero-order valence-corrected chi connectivity index (χ0v) is 16.1. The van der Waals surface area contributed by atoms with Crippen LogP contribution in [0.3, 0.4) is 0 Å². The first-order valence-corrected chi connectivity index (χ1v) is 9.71. The van der Waals surface area contributed by atoms with Crippen molar-refractivity contribution in [2.75, 3.05) is 13.7 Å². The minimum Gasteiger partial charge on any atom is -0.487 e. The topological polar surface area (TPSA) is 77.2 Å². The minimum atomic E-state index is -1.22. The molecule has 3 atom stereocenters. The Labute approximate surface area is 167 Å². The molecule has 2 aromatic carbocycles. The number of carbonyl (C=O) groups is 1. The van der Waals surface area contributed by atoms with Gasteiger partial charge in [0, 0.05) is 24.2 Å². The molecule has 3 aliphatic heterocycles. The highest BCUT2D eigenvalue weighted by Crippen LogP contribution is 2.50. The van der Waals surface area contributed by atoms with Gasteiger partial charge in [-0.15, -0.1) is 0 Å². The van der Waals surface area contributed by atoms with Crippen LogP contribution in [-0.4, -0.2) is 42.6 Å². The minimum absolute atomic E-state index is 0.185. The molecule has 1 saturated heterocycles. The summed E-state index contributed by atoms with van der Waals surface area (Å²) >= 11 is 6.17. The molecule has 3 heterocycles. The van der Waals surface area contributed by atoms with Crippen molar-refractivity contribution in [1.82, 2.24) is 4.90 Å². The third-order valence-electron chi connectivity index (χ3n) is 5.77. The Morgan fingerprint density at radius 2 is 2.07 bits per heavy atom. The molecule has 2 aromatic rings. The molecule has 144 valence electrons. The molecule has 2 N–H and O–H groups in total. The average Bonchev–Trinajstić information content (AvgIpc) is 2.93. The number of hydrogen-bond acceptors (Lipinski definition) is 5. The standard InChI is InChI=1S/C21H20ClN3O3/c1-25-19(26)21(24-20(25)23)15-11-13(12-4-2-5-14(22)10-12)7-8-16(15)28-17-6-3-9-27-18(17)21/h2,4-5,7-8,10-11,17-18H,3,6,9H2,1H3,(H2,23,24)/t17?,18-,21-/m0/s1. The lowest BCUT2D eigenvalue weighted by Gasteiger charge is -2.45. The number of halogens is 1. The van der Waals surface area contributed by atoms with Crippen LogP contribution in [-0.2, 0) is 15.1 Å². The number of nitrogens with two attached hydrogens (primary N) is 1. The number of carbonyl (C=O) groups excluding carboxylic acids is 1. The normalized spacial score (nSPS) is 28.6. The van der Waals surface area contributed by atoms with Crippen molar-refractivity contribution in [3.8, 4) is 16.9 Å². The van der Waals surface area contributed by atoms with Crippen molar-refractivity contribution in [2.24, 2.45) is 10.7 Å². The zero-order chi connectivity index (χ0) is 19.5. The van der Waals surface area contributed by atoms with Crippen LogP contribution >= 0.6 is 11.6 Å². The maximum atomic E-state index is 13.4. The SMILES string of the molecule is CN1C(=O)[C@]2(N=C1N)c1cc(-c3cccc(Cl)c3)ccc1OC1CCCO[C@@H]12. The first-order chi connectivity index (χ1) is 13.5.